The molecule has 2 amide bonds. The maximum atomic E-state index is 13.0. The van der Waals surface area contributed by atoms with Gasteiger partial charge in [-0.25, -0.2) is 4.79 Å². The van der Waals surface area contributed by atoms with E-state index in [9.17, 15) is 14.4 Å². The number of carboxylic acids is 1. The van der Waals surface area contributed by atoms with E-state index in [0.29, 0.717) is 11.8 Å². The molecule has 0 radical (unpaired) electrons. The summed E-state index contributed by atoms with van der Waals surface area (Å²) in [5.74, 6) is -0.292. The van der Waals surface area contributed by atoms with Gasteiger partial charge in [-0.3, -0.25) is 9.59 Å². The van der Waals surface area contributed by atoms with E-state index in [0.717, 1.165) is 41.5 Å². The van der Waals surface area contributed by atoms with Gasteiger partial charge in [-0.2, -0.15) is 0 Å². The van der Waals surface area contributed by atoms with Gasteiger partial charge in [0.2, 0.25) is 5.91 Å². The second-order valence-electron chi connectivity index (χ2n) is 10.1. The van der Waals surface area contributed by atoms with Gasteiger partial charge in [-0.1, -0.05) is 61.4 Å². The minimum Gasteiger partial charge on any atom is -0.481 e. The van der Waals surface area contributed by atoms with Gasteiger partial charge < -0.3 is 20.5 Å². The number of carbonyl (C=O) groups excluding carboxylic acids is 2. The first-order valence-corrected chi connectivity index (χ1v) is 12.6. The van der Waals surface area contributed by atoms with Crippen LogP contribution in [0.3, 0.4) is 0 Å². The Kier molecular flexibility index (Phi) is 6.75. The van der Waals surface area contributed by atoms with Crippen molar-refractivity contribution in [3.63, 3.8) is 0 Å². The molecule has 2 atom stereocenters. The van der Waals surface area contributed by atoms with Crippen LogP contribution in [0.5, 0.6) is 0 Å². The third kappa shape index (κ3) is 5.04. The van der Waals surface area contributed by atoms with Crippen LogP contribution in [0.15, 0.2) is 48.5 Å². The number of carbonyl (C=O) groups is 3. The Morgan fingerprint density at radius 2 is 1.57 bits per heavy atom. The van der Waals surface area contributed by atoms with Gasteiger partial charge in [0.1, 0.15) is 12.6 Å². The van der Waals surface area contributed by atoms with E-state index in [-0.39, 0.29) is 37.3 Å². The van der Waals surface area contributed by atoms with Crippen LogP contribution < -0.4 is 10.6 Å². The molecule has 2 aromatic carbocycles. The van der Waals surface area contributed by atoms with E-state index >= 15 is 0 Å². The normalized spacial score (nSPS) is 23.1. The third-order valence-electron chi connectivity index (χ3n) is 7.97. The number of hydrogen-bond donors (Lipinski definition) is 3. The number of ether oxygens (including phenoxy) is 1. The summed E-state index contributed by atoms with van der Waals surface area (Å²) in [6, 6.07) is 15.3. The Morgan fingerprint density at radius 1 is 0.943 bits per heavy atom. The zero-order chi connectivity index (χ0) is 24.4. The van der Waals surface area contributed by atoms with Crippen molar-refractivity contribution < 1.29 is 24.2 Å². The number of fused-ring (bicyclic) bond motifs is 6. The molecule has 2 aromatic rings. The molecule has 184 valence electrons. The van der Waals surface area contributed by atoms with Gasteiger partial charge >= 0.3 is 12.1 Å². The monoisotopic (exact) mass is 476 g/mol. The topological polar surface area (TPSA) is 105 Å². The molecule has 2 unspecified atom stereocenters. The van der Waals surface area contributed by atoms with E-state index in [1.54, 1.807) is 0 Å². The number of benzene rings is 2. The lowest BCUT2D eigenvalue weighted by molar-refractivity contribution is -0.137. The van der Waals surface area contributed by atoms with Crippen molar-refractivity contribution in [3.05, 3.63) is 59.7 Å². The highest BCUT2D eigenvalue weighted by atomic mass is 16.5. The van der Waals surface area contributed by atoms with Crippen LogP contribution in [0.25, 0.3) is 11.1 Å². The number of hydrogen-bond acceptors (Lipinski definition) is 4. The number of nitrogens with one attached hydrogen (secondary N) is 2. The van der Waals surface area contributed by atoms with Crippen molar-refractivity contribution in [3.8, 4) is 11.1 Å². The number of aliphatic carboxylic acids is 1. The molecule has 0 heterocycles. The SMILES string of the molecule is O=C(O)CCC(NC(=O)OCC1c2ccccc2-c2ccccc21)C(=O)NC1CC2CCC1CC2. The first-order valence-electron chi connectivity index (χ1n) is 12.6. The largest absolute Gasteiger partial charge is 0.481 e. The van der Waals surface area contributed by atoms with E-state index in [1.807, 2.05) is 36.4 Å². The molecule has 7 nitrogen and oxygen atoms in total. The van der Waals surface area contributed by atoms with Gasteiger partial charge in [0.25, 0.3) is 0 Å². The molecule has 0 saturated heterocycles. The molecule has 2 bridgehead atoms. The Labute approximate surface area is 205 Å². The predicted octanol–water partition coefficient (Wildman–Crippen LogP) is 4.45. The van der Waals surface area contributed by atoms with Gasteiger partial charge in [0.05, 0.1) is 0 Å². The molecule has 3 N–H and O–H groups in total. The highest BCUT2D eigenvalue weighted by molar-refractivity contribution is 5.86. The van der Waals surface area contributed by atoms with E-state index in [1.165, 1.54) is 12.8 Å². The lowest BCUT2D eigenvalue weighted by atomic mass is 9.68. The van der Waals surface area contributed by atoms with Crippen molar-refractivity contribution in [2.24, 2.45) is 11.8 Å². The van der Waals surface area contributed by atoms with Crippen molar-refractivity contribution in [2.75, 3.05) is 6.61 Å². The van der Waals surface area contributed by atoms with Gasteiger partial charge in [0.15, 0.2) is 0 Å². The van der Waals surface area contributed by atoms with Crippen molar-refractivity contribution in [1.82, 2.24) is 10.6 Å². The molecule has 3 saturated carbocycles. The molecular formula is C28H32N2O5. The smallest absolute Gasteiger partial charge is 0.407 e. The quantitative estimate of drug-likeness (QED) is 0.522. The molecule has 3 fully saturated rings. The zero-order valence-corrected chi connectivity index (χ0v) is 19.7. The highest BCUT2D eigenvalue weighted by Crippen LogP contribution is 2.44. The molecular weight excluding hydrogens is 444 g/mol. The average molecular weight is 477 g/mol. The lowest BCUT2D eigenvalue weighted by Gasteiger charge is -2.43. The molecule has 0 aromatic heterocycles. The Hall–Kier alpha value is -3.35. The van der Waals surface area contributed by atoms with Crippen LogP contribution in [0.2, 0.25) is 0 Å². The fraction of sp³-hybridized carbons (Fsp3) is 0.464. The number of rotatable bonds is 8. The second-order valence-corrected chi connectivity index (χ2v) is 10.1. The Bertz CT molecular complexity index is 1060. The number of alkyl carbamates (subject to hydrolysis) is 1. The van der Waals surface area contributed by atoms with Crippen LogP contribution in [-0.2, 0) is 14.3 Å². The number of carboxylic acid groups (broad SMARTS) is 1. The van der Waals surface area contributed by atoms with Crippen LogP contribution in [0, 0.1) is 11.8 Å². The molecule has 4 aliphatic carbocycles. The summed E-state index contributed by atoms with van der Waals surface area (Å²) in [4.78, 5) is 37.0. The van der Waals surface area contributed by atoms with Crippen LogP contribution in [0.4, 0.5) is 4.79 Å². The minimum absolute atomic E-state index is 0.0200. The van der Waals surface area contributed by atoms with Crippen LogP contribution in [0.1, 0.15) is 62.0 Å². The molecule has 35 heavy (non-hydrogen) atoms. The van der Waals surface area contributed by atoms with Gasteiger partial charge in [-0.05, 0) is 59.8 Å². The Balaban J connectivity index is 1.22. The minimum atomic E-state index is -1.01. The summed E-state index contributed by atoms with van der Waals surface area (Å²) in [5.41, 5.74) is 4.48. The van der Waals surface area contributed by atoms with E-state index < -0.39 is 18.1 Å². The third-order valence-corrected chi connectivity index (χ3v) is 7.97. The summed E-state index contributed by atoms with van der Waals surface area (Å²) < 4.78 is 5.59. The molecule has 0 aliphatic heterocycles. The lowest BCUT2D eigenvalue weighted by Crippen LogP contribution is -2.54. The summed E-state index contributed by atoms with van der Waals surface area (Å²) in [6.45, 7) is 0.138. The summed E-state index contributed by atoms with van der Waals surface area (Å²) in [6.07, 6.45) is 4.75. The molecule has 4 aliphatic rings. The fourth-order valence-corrected chi connectivity index (χ4v) is 6.16. The van der Waals surface area contributed by atoms with Gasteiger partial charge in [-0.15, -0.1) is 0 Å². The summed E-state index contributed by atoms with van der Waals surface area (Å²) in [5, 5.41) is 14.9. The standard InChI is InChI=1S/C28H32N2O5/c31-26(32)14-13-24(27(33)29-25-15-17-9-11-18(25)12-10-17)30-28(34)35-16-23-21-7-3-1-5-19(21)20-6-2-4-8-22(20)23/h1-8,17-18,23-25H,9-16H2,(H,29,33)(H,30,34)(H,31,32). The Morgan fingerprint density at radius 3 is 2.14 bits per heavy atom. The van der Waals surface area contributed by atoms with E-state index in [4.69, 9.17) is 9.84 Å². The molecule has 6 rings (SSSR count). The van der Waals surface area contributed by atoms with Crippen molar-refractivity contribution in [1.29, 1.82) is 0 Å². The zero-order valence-electron chi connectivity index (χ0n) is 19.7. The highest BCUT2D eigenvalue weighted by Gasteiger charge is 2.37. The fourth-order valence-electron chi connectivity index (χ4n) is 6.16. The van der Waals surface area contributed by atoms with Crippen LogP contribution in [-0.4, -0.2) is 41.8 Å². The number of amides is 2. The first-order chi connectivity index (χ1) is 17.0. The summed E-state index contributed by atoms with van der Waals surface area (Å²) in [7, 11) is 0. The maximum Gasteiger partial charge on any atom is 0.407 e. The average Bonchev–Trinajstić information content (AvgIpc) is 3.19. The van der Waals surface area contributed by atoms with E-state index in [2.05, 4.69) is 22.8 Å². The summed E-state index contributed by atoms with van der Waals surface area (Å²) >= 11 is 0. The second kappa shape index (κ2) is 10.1. The molecule has 7 heteroatoms. The van der Waals surface area contributed by atoms with Crippen LogP contribution >= 0.6 is 0 Å². The van der Waals surface area contributed by atoms with Gasteiger partial charge in [0, 0.05) is 18.4 Å². The molecule has 0 spiro atoms. The maximum absolute atomic E-state index is 13.0. The van der Waals surface area contributed by atoms with Crippen molar-refractivity contribution >= 4 is 18.0 Å². The predicted molar refractivity (Wildman–Crippen MR) is 131 cm³/mol. The van der Waals surface area contributed by atoms with Crippen molar-refractivity contribution in [2.45, 2.75) is 62.9 Å². The first kappa shape index (κ1) is 23.4.